The van der Waals surface area contributed by atoms with E-state index in [2.05, 4.69) is 0 Å². The summed E-state index contributed by atoms with van der Waals surface area (Å²) >= 11 is 1.15. The highest BCUT2D eigenvalue weighted by atomic mass is 32.2. The zero-order chi connectivity index (χ0) is 17.2. The van der Waals surface area contributed by atoms with Crippen LogP contribution in [0.15, 0.2) is 40.6 Å². The summed E-state index contributed by atoms with van der Waals surface area (Å²) in [6, 6.07) is 8.38. The third kappa shape index (κ3) is 3.40. The second kappa shape index (κ2) is 6.72. The van der Waals surface area contributed by atoms with Crippen LogP contribution in [0, 0.1) is 0 Å². The number of hydrogen-bond acceptors (Lipinski definition) is 5. The van der Waals surface area contributed by atoms with E-state index in [4.69, 9.17) is 4.74 Å². The van der Waals surface area contributed by atoms with Gasteiger partial charge in [0.25, 0.3) is 10.0 Å². The summed E-state index contributed by atoms with van der Waals surface area (Å²) in [6.45, 7) is 4.09. The van der Waals surface area contributed by atoms with Crippen LogP contribution in [-0.2, 0) is 14.8 Å². The minimum absolute atomic E-state index is 0.186. The third-order valence-electron chi connectivity index (χ3n) is 3.56. The molecule has 5 nitrogen and oxygen atoms in total. The summed E-state index contributed by atoms with van der Waals surface area (Å²) in [5, 5.41) is 1.66. The molecule has 0 aliphatic rings. The van der Waals surface area contributed by atoms with Gasteiger partial charge in [0, 0.05) is 7.05 Å². The van der Waals surface area contributed by atoms with Crippen LogP contribution in [-0.4, -0.2) is 28.5 Å². The standard InChI is InChI=1S/C16H19NO4S2/c1-11(2)12-5-7-13(8-6-12)23(19,20)17(3)14-9-10-22-15(14)16(18)21-4/h5-11H,1-4H3. The van der Waals surface area contributed by atoms with E-state index >= 15 is 0 Å². The fourth-order valence-electron chi connectivity index (χ4n) is 2.11. The minimum Gasteiger partial charge on any atom is -0.465 e. The number of hydrogen-bond donors (Lipinski definition) is 0. The van der Waals surface area contributed by atoms with Crippen LogP contribution < -0.4 is 4.31 Å². The van der Waals surface area contributed by atoms with Gasteiger partial charge in [0.05, 0.1) is 17.7 Å². The Hall–Kier alpha value is -1.86. The molecule has 23 heavy (non-hydrogen) atoms. The third-order valence-corrected chi connectivity index (χ3v) is 6.23. The summed E-state index contributed by atoms with van der Waals surface area (Å²) in [4.78, 5) is 12.2. The van der Waals surface area contributed by atoms with Crippen LogP contribution in [0.5, 0.6) is 0 Å². The molecule has 0 unspecified atom stereocenters. The largest absolute Gasteiger partial charge is 0.465 e. The summed E-state index contributed by atoms with van der Waals surface area (Å²) in [7, 11) is -1.04. The number of rotatable bonds is 5. The molecular formula is C16H19NO4S2. The number of esters is 1. The lowest BCUT2D eigenvalue weighted by Crippen LogP contribution is -2.27. The van der Waals surface area contributed by atoms with Crippen molar-refractivity contribution < 1.29 is 17.9 Å². The van der Waals surface area contributed by atoms with Crippen molar-refractivity contribution in [2.45, 2.75) is 24.7 Å². The molecular weight excluding hydrogens is 334 g/mol. The number of carbonyl (C=O) groups excluding carboxylic acids is 1. The second-order valence-electron chi connectivity index (χ2n) is 5.32. The molecule has 0 bridgehead atoms. The first-order valence-electron chi connectivity index (χ1n) is 7.03. The molecule has 1 aromatic carbocycles. The van der Waals surface area contributed by atoms with Gasteiger partial charge in [0.1, 0.15) is 4.88 Å². The topological polar surface area (TPSA) is 63.7 Å². The van der Waals surface area contributed by atoms with Gasteiger partial charge in [-0.25, -0.2) is 13.2 Å². The molecule has 1 heterocycles. The number of nitrogens with zero attached hydrogens (tertiary/aromatic N) is 1. The molecule has 0 N–H and O–H groups in total. The minimum atomic E-state index is -3.74. The molecule has 0 aliphatic carbocycles. The number of anilines is 1. The van der Waals surface area contributed by atoms with Crippen LogP contribution >= 0.6 is 11.3 Å². The molecule has 0 radical (unpaired) electrons. The van der Waals surface area contributed by atoms with Crippen molar-refractivity contribution in [1.29, 1.82) is 0 Å². The number of benzene rings is 1. The van der Waals surface area contributed by atoms with E-state index in [1.54, 1.807) is 35.7 Å². The highest BCUT2D eigenvalue weighted by Crippen LogP contribution is 2.30. The van der Waals surface area contributed by atoms with Crippen LogP contribution in [0.4, 0.5) is 5.69 Å². The van der Waals surface area contributed by atoms with Gasteiger partial charge < -0.3 is 4.74 Å². The average molecular weight is 353 g/mol. The summed E-state index contributed by atoms with van der Waals surface area (Å²) in [5.74, 6) is -0.223. The first kappa shape index (κ1) is 17.5. The Morgan fingerprint density at radius 2 is 1.78 bits per heavy atom. The Morgan fingerprint density at radius 3 is 2.30 bits per heavy atom. The molecule has 2 aromatic rings. The molecule has 0 saturated carbocycles. The zero-order valence-corrected chi connectivity index (χ0v) is 15.1. The number of carbonyl (C=O) groups is 1. The van der Waals surface area contributed by atoms with Crippen molar-refractivity contribution in [1.82, 2.24) is 0 Å². The summed E-state index contributed by atoms with van der Waals surface area (Å²) < 4.78 is 31.3. The van der Waals surface area contributed by atoms with Gasteiger partial charge >= 0.3 is 5.97 Å². The van der Waals surface area contributed by atoms with E-state index in [-0.39, 0.29) is 9.77 Å². The van der Waals surface area contributed by atoms with Gasteiger partial charge in [0.15, 0.2) is 0 Å². The molecule has 124 valence electrons. The molecule has 0 spiro atoms. The predicted octanol–water partition coefficient (Wildman–Crippen LogP) is 3.48. The van der Waals surface area contributed by atoms with Crippen molar-refractivity contribution in [3.05, 3.63) is 46.2 Å². The van der Waals surface area contributed by atoms with Crippen molar-refractivity contribution in [2.75, 3.05) is 18.5 Å². The molecule has 0 saturated heterocycles. The smallest absolute Gasteiger partial charge is 0.350 e. The van der Waals surface area contributed by atoms with Gasteiger partial charge in [-0.2, -0.15) is 0 Å². The molecule has 7 heteroatoms. The van der Waals surface area contributed by atoms with Crippen molar-refractivity contribution in [2.24, 2.45) is 0 Å². The van der Waals surface area contributed by atoms with Crippen LogP contribution in [0.2, 0.25) is 0 Å². The normalized spacial score (nSPS) is 11.5. The van der Waals surface area contributed by atoms with Crippen LogP contribution in [0.25, 0.3) is 0 Å². The Bertz CT molecular complexity index is 792. The van der Waals surface area contributed by atoms with Gasteiger partial charge in [0.2, 0.25) is 0 Å². The summed E-state index contributed by atoms with van der Waals surface area (Å²) in [6.07, 6.45) is 0. The molecule has 0 fully saturated rings. The van der Waals surface area contributed by atoms with Gasteiger partial charge in [-0.1, -0.05) is 26.0 Å². The summed E-state index contributed by atoms with van der Waals surface area (Å²) in [5.41, 5.74) is 1.38. The van der Waals surface area contributed by atoms with E-state index in [9.17, 15) is 13.2 Å². The van der Waals surface area contributed by atoms with Crippen molar-refractivity contribution in [3.8, 4) is 0 Å². The molecule has 0 aliphatic heterocycles. The lowest BCUT2D eigenvalue weighted by Gasteiger charge is -2.19. The molecule has 0 atom stereocenters. The highest BCUT2D eigenvalue weighted by Gasteiger charge is 2.26. The number of sulfonamides is 1. The number of thiophene rings is 1. The Kier molecular flexibility index (Phi) is 5.11. The average Bonchev–Trinajstić information content (AvgIpc) is 3.02. The van der Waals surface area contributed by atoms with E-state index in [1.807, 2.05) is 13.8 Å². The molecule has 2 rings (SSSR count). The fraction of sp³-hybridized carbons (Fsp3) is 0.312. The Morgan fingerprint density at radius 1 is 1.17 bits per heavy atom. The Labute approximate surface area is 140 Å². The Balaban J connectivity index is 2.39. The molecule has 0 amide bonds. The first-order valence-corrected chi connectivity index (χ1v) is 9.35. The fourth-order valence-corrected chi connectivity index (χ4v) is 4.21. The van der Waals surface area contributed by atoms with Crippen molar-refractivity contribution >= 4 is 33.0 Å². The van der Waals surface area contributed by atoms with Gasteiger partial charge in [-0.3, -0.25) is 4.31 Å². The lowest BCUT2D eigenvalue weighted by atomic mass is 10.0. The van der Waals surface area contributed by atoms with Crippen molar-refractivity contribution in [3.63, 3.8) is 0 Å². The second-order valence-corrected chi connectivity index (χ2v) is 8.21. The maximum absolute atomic E-state index is 12.8. The van der Waals surface area contributed by atoms with Gasteiger partial charge in [-0.05, 0) is 35.1 Å². The van der Waals surface area contributed by atoms with Gasteiger partial charge in [-0.15, -0.1) is 11.3 Å². The zero-order valence-electron chi connectivity index (χ0n) is 13.4. The maximum Gasteiger partial charge on any atom is 0.350 e. The maximum atomic E-state index is 12.8. The SMILES string of the molecule is COC(=O)c1sccc1N(C)S(=O)(=O)c1ccc(C(C)C)cc1. The predicted molar refractivity (Wildman–Crippen MR) is 91.8 cm³/mol. The first-order chi connectivity index (χ1) is 10.8. The highest BCUT2D eigenvalue weighted by molar-refractivity contribution is 7.92. The van der Waals surface area contributed by atoms with Crippen LogP contribution in [0.1, 0.15) is 35.0 Å². The lowest BCUT2D eigenvalue weighted by molar-refractivity contribution is 0.0607. The van der Waals surface area contributed by atoms with E-state index < -0.39 is 16.0 Å². The number of methoxy groups -OCH3 is 1. The quantitative estimate of drug-likeness (QED) is 0.772. The van der Waals surface area contributed by atoms with E-state index in [0.717, 1.165) is 21.2 Å². The number of ether oxygens (including phenoxy) is 1. The van der Waals surface area contributed by atoms with E-state index in [1.165, 1.54) is 14.2 Å². The molecule has 1 aromatic heterocycles. The monoisotopic (exact) mass is 353 g/mol. The van der Waals surface area contributed by atoms with E-state index in [0.29, 0.717) is 11.6 Å². The van der Waals surface area contributed by atoms with Crippen LogP contribution in [0.3, 0.4) is 0 Å².